The van der Waals surface area contributed by atoms with Crippen LogP contribution < -0.4 is 0 Å². The standard InChI is InChI=1S/C7H12N4/c1-6(2)4-11-5-9-10-7(11)3-8/h3,5-6,8H,4H2,1-2H3. The number of nitrogens with one attached hydrogen (secondary N) is 1. The van der Waals surface area contributed by atoms with Gasteiger partial charge in [-0.2, -0.15) is 0 Å². The molecule has 0 fully saturated rings. The molecule has 1 heterocycles. The fourth-order valence-corrected chi connectivity index (χ4v) is 0.910. The van der Waals surface area contributed by atoms with Crippen LogP contribution in [0, 0.1) is 11.3 Å². The van der Waals surface area contributed by atoms with Gasteiger partial charge in [-0.05, 0) is 5.92 Å². The minimum absolute atomic E-state index is 0.560. The molecule has 4 nitrogen and oxygen atoms in total. The van der Waals surface area contributed by atoms with Crippen LogP contribution >= 0.6 is 0 Å². The van der Waals surface area contributed by atoms with Crippen LogP contribution in [-0.2, 0) is 6.54 Å². The van der Waals surface area contributed by atoms with Crippen LogP contribution in [0.5, 0.6) is 0 Å². The summed E-state index contributed by atoms with van der Waals surface area (Å²) < 4.78 is 1.87. The summed E-state index contributed by atoms with van der Waals surface area (Å²) in [6, 6.07) is 0. The van der Waals surface area contributed by atoms with E-state index in [0.29, 0.717) is 11.7 Å². The van der Waals surface area contributed by atoms with Gasteiger partial charge in [0, 0.05) is 6.54 Å². The molecule has 1 aromatic rings. The number of nitrogens with zero attached hydrogens (tertiary/aromatic N) is 3. The highest BCUT2D eigenvalue weighted by molar-refractivity contribution is 5.71. The van der Waals surface area contributed by atoms with Gasteiger partial charge in [-0.1, -0.05) is 13.8 Å². The maximum atomic E-state index is 7.00. The van der Waals surface area contributed by atoms with Gasteiger partial charge in [0.1, 0.15) is 6.33 Å². The minimum atomic E-state index is 0.560. The molecule has 1 rings (SSSR count). The van der Waals surface area contributed by atoms with E-state index in [9.17, 15) is 0 Å². The van der Waals surface area contributed by atoms with E-state index in [1.165, 1.54) is 6.21 Å². The number of hydrogen-bond donors (Lipinski definition) is 1. The maximum Gasteiger partial charge on any atom is 0.174 e. The summed E-state index contributed by atoms with van der Waals surface area (Å²) in [5.74, 6) is 1.18. The van der Waals surface area contributed by atoms with Crippen molar-refractivity contribution in [1.82, 2.24) is 14.8 Å². The summed E-state index contributed by atoms with van der Waals surface area (Å²) in [4.78, 5) is 0. The Morgan fingerprint density at radius 3 is 3.00 bits per heavy atom. The van der Waals surface area contributed by atoms with Crippen molar-refractivity contribution in [2.75, 3.05) is 0 Å². The Hall–Kier alpha value is -1.19. The van der Waals surface area contributed by atoms with Crippen LogP contribution in [0.25, 0.3) is 0 Å². The molecule has 11 heavy (non-hydrogen) atoms. The molecule has 1 aromatic heterocycles. The summed E-state index contributed by atoms with van der Waals surface area (Å²) >= 11 is 0. The fourth-order valence-electron chi connectivity index (χ4n) is 0.910. The molecule has 0 saturated heterocycles. The van der Waals surface area contributed by atoms with Crippen LogP contribution in [0.15, 0.2) is 6.33 Å². The predicted octanol–water partition coefficient (Wildman–Crippen LogP) is 0.932. The Balaban J connectivity index is 2.76. The molecule has 0 bridgehead atoms. The zero-order valence-electron chi connectivity index (χ0n) is 6.78. The largest absolute Gasteiger partial charge is 0.313 e. The van der Waals surface area contributed by atoms with E-state index in [0.717, 1.165) is 6.54 Å². The second-order valence-electron chi connectivity index (χ2n) is 2.88. The van der Waals surface area contributed by atoms with Gasteiger partial charge in [0.25, 0.3) is 0 Å². The molecule has 60 valence electrons. The van der Waals surface area contributed by atoms with Gasteiger partial charge in [-0.3, -0.25) is 0 Å². The molecule has 0 aromatic carbocycles. The van der Waals surface area contributed by atoms with E-state index in [4.69, 9.17) is 5.41 Å². The average Bonchev–Trinajstić information content (AvgIpc) is 2.34. The van der Waals surface area contributed by atoms with Gasteiger partial charge in [-0.25, -0.2) is 0 Å². The Bertz CT molecular complexity index is 238. The van der Waals surface area contributed by atoms with Crippen molar-refractivity contribution >= 4 is 6.21 Å². The first-order valence-electron chi connectivity index (χ1n) is 3.62. The lowest BCUT2D eigenvalue weighted by Gasteiger charge is -2.05. The molecule has 0 radical (unpaired) electrons. The lowest BCUT2D eigenvalue weighted by atomic mass is 10.2. The Morgan fingerprint density at radius 1 is 1.73 bits per heavy atom. The second kappa shape index (κ2) is 3.27. The lowest BCUT2D eigenvalue weighted by Crippen LogP contribution is -2.06. The van der Waals surface area contributed by atoms with Crippen LogP contribution in [0.2, 0.25) is 0 Å². The van der Waals surface area contributed by atoms with Crippen molar-refractivity contribution in [1.29, 1.82) is 5.41 Å². The van der Waals surface area contributed by atoms with Crippen LogP contribution in [0.1, 0.15) is 19.7 Å². The van der Waals surface area contributed by atoms with Gasteiger partial charge < -0.3 is 9.98 Å². The van der Waals surface area contributed by atoms with E-state index in [2.05, 4.69) is 24.0 Å². The third-order valence-electron chi connectivity index (χ3n) is 1.34. The Kier molecular flexibility index (Phi) is 2.36. The molecular formula is C7H12N4. The topological polar surface area (TPSA) is 54.6 Å². The first-order chi connectivity index (χ1) is 5.24. The third-order valence-corrected chi connectivity index (χ3v) is 1.34. The molecule has 0 spiro atoms. The second-order valence-corrected chi connectivity index (χ2v) is 2.88. The SMILES string of the molecule is CC(C)Cn1cnnc1C=N. The summed E-state index contributed by atoms with van der Waals surface area (Å²) in [7, 11) is 0. The number of aromatic nitrogens is 3. The fraction of sp³-hybridized carbons (Fsp3) is 0.571. The highest BCUT2D eigenvalue weighted by Crippen LogP contribution is 1.99. The number of rotatable bonds is 3. The first kappa shape index (κ1) is 7.91. The highest BCUT2D eigenvalue weighted by Gasteiger charge is 2.01. The molecule has 0 atom stereocenters. The first-order valence-corrected chi connectivity index (χ1v) is 3.62. The van der Waals surface area contributed by atoms with Gasteiger partial charge >= 0.3 is 0 Å². The van der Waals surface area contributed by atoms with Crippen molar-refractivity contribution in [3.05, 3.63) is 12.2 Å². The third kappa shape index (κ3) is 1.86. The molecule has 4 heteroatoms. The molecule has 1 N–H and O–H groups in total. The van der Waals surface area contributed by atoms with Crippen molar-refractivity contribution in [2.45, 2.75) is 20.4 Å². The predicted molar refractivity (Wildman–Crippen MR) is 42.7 cm³/mol. The van der Waals surface area contributed by atoms with Gasteiger partial charge in [0.2, 0.25) is 0 Å². The Labute approximate surface area is 65.8 Å². The molecule has 0 aliphatic rings. The monoisotopic (exact) mass is 152 g/mol. The van der Waals surface area contributed by atoms with E-state index < -0.39 is 0 Å². The average molecular weight is 152 g/mol. The molecule has 0 amide bonds. The van der Waals surface area contributed by atoms with Crippen LogP contribution in [0.4, 0.5) is 0 Å². The normalized spacial score (nSPS) is 10.5. The van der Waals surface area contributed by atoms with E-state index >= 15 is 0 Å². The van der Waals surface area contributed by atoms with Crippen molar-refractivity contribution in [2.24, 2.45) is 5.92 Å². The van der Waals surface area contributed by atoms with E-state index in [-0.39, 0.29) is 0 Å². The number of hydrogen-bond acceptors (Lipinski definition) is 3. The smallest absolute Gasteiger partial charge is 0.174 e. The zero-order chi connectivity index (χ0) is 8.27. The zero-order valence-corrected chi connectivity index (χ0v) is 6.78. The van der Waals surface area contributed by atoms with Gasteiger partial charge in [-0.15, -0.1) is 10.2 Å². The van der Waals surface area contributed by atoms with E-state index in [1.807, 2.05) is 4.57 Å². The lowest BCUT2D eigenvalue weighted by molar-refractivity contribution is 0.520. The maximum absolute atomic E-state index is 7.00. The summed E-state index contributed by atoms with van der Waals surface area (Å²) in [6.07, 6.45) is 2.87. The highest BCUT2D eigenvalue weighted by atomic mass is 15.3. The summed E-state index contributed by atoms with van der Waals surface area (Å²) in [5.41, 5.74) is 0. The minimum Gasteiger partial charge on any atom is -0.313 e. The Morgan fingerprint density at radius 2 is 2.45 bits per heavy atom. The molecule has 0 aliphatic carbocycles. The molecule has 0 aliphatic heterocycles. The van der Waals surface area contributed by atoms with Crippen LogP contribution in [-0.4, -0.2) is 21.0 Å². The van der Waals surface area contributed by atoms with Crippen molar-refractivity contribution < 1.29 is 0 Å². The quantitative estimate of drug-likeness (QED) is 0.655. The molecule has 0 saturated carbocycles. The van der Waals surface area contributed by atoms with Crippen LogP contribution in [0.3, 0.4) is 0 Å². The van der Waals surface area contributed by atoms with Gasteiger partial charge in [0.05, 0.1) is 6.21 Å². The molecular weight excluding hydrogens is 140 g/mol. The van der Waals surface area contributed by atoms with Crippen molar-refractivity contribution in [3.63, 3.8) is 0 Å². The van der Waals surface area contributed by atoms with Gasteiger partial charge in [0.15, 0.2) is 5.82 Å². The summed E-state index contributed by atoms with van der Waals surface area (Å²) in [6.45, 7) is 5.11. The molecule has 0 unspecified atom stereocenters. The van der Waals surface area contributed by atoms with E-state index in [1.54, 1.807) is 6.33 Å². The van der Waals surface area contributed by atoms with Crippen molar-refractivity contribution in [3.8, 4) is 0 Å². The summed E-state index contributed by atoms with van der Waals surface area (Å²) in [5, 5.41) is 14.5.